The van der Waals surface area contributed by atoms with Crippen LogP contribution in [0, 0.1) is 0 Å². The van der Waals surface area contributed by atoms with Crippen molar-refractivity contribution >= 4 is 17.1 Å². The third-order valence-electron chi connectivity index (χ3n) is 6.52. The predicted molar refractivity (Wildman–Crippen MR) is 126 cm³/mol. The molecule has 2 aliphatic rings. The Morgan fingerprint density at radius 2 is 1.03 bits per heavy atom. The standard InChI is InChI=1S/C26H29N3O/c1-27(2)18-7-10-23-17(13-18)16-30-26(23)24-11-8-19(28(3)4)14-21(24)22-15-20(29(5)6)9-12-25(22)26/h7-15H,16H2,1-6H3. The van der Waals surface area contributed by atoms with E-state index in [0.29, 0.717) is 6.61 Å². The number of ether oxygens (including phenoxy) is 1. The number of benzene rings is 3. The van der Waals surface area contributed by atoms with E-state index >= 15 is 0 Å². The van der Waals surface area contributed by atoms with E-state index in [1.807, 2.05) is 0 Å². The molecule has 0 fully saturated rings. The zero-order valence-electron chi connectivity index (χ0n) is 18.7. The minimum Gasteiger partial charge on any atom is -0.378 e. The number of hydrogen-bond donors (Lipinski definition) is 0. The molecule has 1 aliphatic heterocycles. The molecule has 4 heteroatoms. The fourth-order valence-electron chi connectivity index (χ4n) is 4.86. The average molecular weight is 400 g/mol. The molecule has 0 saturated heterocycles. The first-order chi connectivity index (χ1) is 14.3. The summed E-state index contributed by atoms with van der Waals surface area (Å²) in [5, 5.41) is 0. The van der Waals surface area contributed by atoms with Gasteiger partial charge in [0, 0.05) is 70.5 Å². The van der Waals surface area contributed by atoms with Gasteiger partial charge in [-0.2, -0.15) is 0 Å². The van der Waals surface area contributed by atoms with Gasteiger partial charge in [-0.3, -0.25) is 0 Å². The topological polar surface area (TPSA) is 19.0 Å². The van der Waals surface area contributed by atoms with Crippen molar-refractivity contribution in [3.63, 3.8) is 0 Å². The molecule has 0 radical (unpaired) electrons. The number of nitrogens with zero attached hydrogens (tertiary/aromatic N) is 3. The third kappa shape index (κ3) is 2.50. The normalized spacial score (nSPS) is 15.0. The van der Waals surface area contributed by atoms with E-state index in [1.165, 1.54) is 50.4 Å². The summed E-state index contributed by atoms with van der Waals surface area (Å²) in [4.78, 5) is 6.47. The van der Waals surface area contributed by atoms with Gasteiger partial charge in [0.25, 0.3) is 0 Å². The van der Waals surface area contributed by atoms with Crippen LogP contribution in [0.3, 0.4) is 0 Å². The molecule has 3 aromatic rings. The van der Waals surface area contributed by atoms with Crippen LogP contribution in [-0.4, -0.2) is 42.3 Å². The van der Waals surface area contributed by atoms with Crippen LogP contribution < -0.4 is 14.7 Å². The fraction of sp³-hybridized carbons (Fsp3) is 0.308. The van der Waals surface area contributed by atoms with Crippen LogP contribution in [0.25, 0.3) is 11.1 Å². The maximum Gasteiger partial charge on any atom is 0.145 e. The maximum absolute atomic E-state index is 6.71. The van der Waals surface area contributed by atoms with Gasteiger partial charge in [-0.1, -0.05) is 18.2 Å². The van der Waals surface area contributed by atoms with Crippen molar-refractivity contribution in [3.05, 3.63) is 76.9 Å². The van der Waals surface area contributed by atoms with Crippen molar-refractivity contribution < 1.29 is 4.74 Å². The molecular weight excluding hydrogens is 370 g/mol. The summed E-state index contributed by atoms with van der Waals surface area (Å²) in [6.07, 6.45) is 0. The molecule has 0 unspecified atom stereocenters. The first-order valence-corrected chi connectivity index (χ1v) is 10.4. The van der Waals surface area contributed by atoms with E-state index in [0.717, 1.165) is 0 Å². The van der Waals surface area contributed by atoms with Crippen molar-refractivity contribution in [2.24, 2.45) is 0 Å². The number of anilines is 3. The highest BCUT2D eigenvalue weighted by Gasteiger charge is 2.50. The first kappa shape index (κ1) is 19.0. The first-order valence-electron chi connectivity index (χ1n) is 10.4. The van der Waals surface area contributed by atoms with E-state index in [9.17, 15) is 0 Å². The average Bonchev–Trinajstić information content (AvgIpc) is 3.24. The van der Waals surface area contributed by atoms with E-state index in [-0.39, 0.29) is 0 Å². The van der Waals surface area contributed by atoms with E-state index in [2.05, 4.69) is 112 Å². The molecule has 0 bridgehead atoms. The fourth-order valence-corrected chi connectivity index (χ4v) is 4.86. The summed E-state index contributed by atoms with van der Waals surface area (Å²) in [6.45, 7) is 0.626. The van der Waals surface area contributed by atoms with Gasteiger partial charge in [0.1, 0.15) is 5.60 Å². The van der Waals surface area contributed by atoms with Crippen molar-refractivity contribution in [3.8, 4) is 11.1 Å². The van der Waals surface area contributed by atoms with Gasteiger partial charge >= 0.3 is 0 Å². The Balaban J connectivity index is 1.79. The summed E-state index contributed by atoms with van der Waals surface area (Å²) in [6, 6.07) is 20.3. The lowest BCUT2D eigenvalue weighted by Gasteiger charge is -2.28. The quantitative estimate of drug-likeness (QED) is 0.636. The Bertz CT molecular complexity index is 1090. The molecule has 1 aliphatic carbocycles. The molecule has 4 nitrogen and oxygen atoms in total. The van der Waals surface area contributed by atoms with Crippen LogP contribution >= 0.6 is 0 Å². The van der Waals surface area contributed by atoms with E-state index < -0.39 is 5.60 Å². The van der Waals surface area contributed by atoms with Crippen LogP contribution in [0.5, 0.6) is 0 Å². The van der Waals surface area contributed by atoms with Gasteiger partial charge in [0.05, 0.1) is 6.61 Å². The Kier molecular flexibility index (Phi) is 4.13. The lowest BCUT2D eigenvalue weighted by Crippen LogP contribution is -2.26. The Hall–Kier alpha value is -2.98. The van der Waals surface area contributed by atoms with Gasteiger partial charge in [-0.05, 0) is 58.7 Å². The minimum atomic E-state index is -0.527. The van der Waals surface area contributed by atoms with Gasteiger partial charge in [0.15, 0.2) is 0 Å². The molecule has 1 heterocycles. The Morgan fingerprint density at radius 1 is 0.600 bits per heavy atom. The summed E-state index contributed by atoms with van der Waals surface area (Å²) < 4.78 is 6.71. The highest BCUT2D eigenvalue weighted by Crippen LogP contribution is 2.58. The van der Waals surface area contributed by atoms with Gasteiger partial charge in [-0.25, -0.2) is 0 Å². The molecule has 0 amide bonds. The van der Waals surface area contributed by atoms with Gasteiger partial charge in [0.2, 0.25) is 0 Å². The number of hydrogen-bond acceptors (Lipinski definition) is 4. The van der Waals surface area contributed by atoms with Gasteiger partial charge < -0.3 is 19.4 Å². The molecule has 154 valence electrons. The lowest BCUT2D eigenvalue weighted by atomic mass is 9.83. The van der Waals surface area contributed by atoms with Crippen LogP contribution in [0.1, 0.15) is 22.3 Å². The molecule has 0 saturated carbocycles. The lowest BCUT2D eigenvalue weighted by molar-refractivity contribution is 0.0301. The summed E-state index contributed by atoms with van der Waals surface area (Å²) in [5.41, 5.74) is 10.6. The summed E-state index contributed by atoms with van der Waals surface area (Å²) >= 11 is 0. The molecule has 5 rings (SSSR count). The Morgan fingerprint density at radius 3 is 1.50 bits per heavy atom. The second-order valence-electron chi connectivity index (χ2n) is 8.95. The van der Waals surface area contributed by atoms with Gasteiger partial charge in [-0.15, -0.1) is 0 Å². The molecule has 0 N–H and O–H groups in total. The van der Waals surface area contributed by atoms with Crippen molar-refractivity contribution in [2.45, 2.75) is 12.2 Å². The number of rotatable bonds is 3. The summed E-state index contributed by atoms with van der Waals surface area (Å²) in [5.74, 6) is 0. The Labute approximate surface area is 179 Å². The predicted octanol–water partition coefficient (Wildman–Crippen LogP) is 4.69. The second-order valence-corrected chi connectivity index (χ2v) is 8.95. The third-order valence-corrected chi connectivity index (χ3v) is 6.52. The number of fused-ring (bicyclic) bond motifs is 7. The SMILES string of the molecule is CN(C)c1ccc2c(c1)COC21c2ccc(N(C)C)cc2-c2cc(N(C)C)ccc21. The molecule has 30 heavy (non-hydrogen) atoms. The smallest absolute Gasteiger partial charge is 0.145 e. The van der Waals surface area contributed by atoms with Crippen molar-refractivity contribution in [1.29, 1.82) is 0 Å². The highest BCUT2D eigenvalue weighted by molar-refractivity contribution is 5.87. The monoisotopic (exact) mass is 399 g/mol. The molecule has 0 atom stereocenters. The van der Waals surface area contributed by atoms with Crippen LogP contribution in [0.15, 0.2) is 54.6 Å². The van der Waals surface area contributed by atoms with Crippen molar-refractivity contribution in [1.82, 2.24) is 0 Å². The highest BCUT2D eigenvalue weighted by atomic mass is 16.5. The van der Waals surface area contributed by atoms with E-state index in [1.54, 1.807) is 0 Å². The van der Waals surface area contributed by atoms with E-state index in [4.69, 9.17) is 4.74 Å². The van der Waals surface area contributed by atoms with Crippen LogP contribution in [0.4, 0.5) is 17.1 Å². The summed E-state index contributed by atoms with van der Waals surface area (Å²) in [7, 11) is 12.5. The molecule has 1 spiro atoms. The molecule has 3 aromatic carbocycles. The maximum atomic E-state index is 6.71. The van der Waals surface area contributed by atoms with Crippen molar-refractivity contribution in [2.75, 3.05) is 57.0 Å². The molecule has 0 aromatic heterocycles. The largest absolute Gasteiger partial charge is 0.378 e. The van der Waals surface area contributed by atoms with Crippen LogP contribution in [0.2, 0.25) is 0 Å². The second kappa shape index (κ2) is 6.51. The van der Waals surface area contributed by atoms with Crippen LogP contribution in [-0.2, 0) is 16.9 Å². The zero-order chi connectivity index (χ0) is 21.2. The minimum absolute atomic E-state index is 0.527. The zero-order valence-corrected chi connectivity index (χ0v) is 18.7. The molecular formula is C26H29N3O.